The molecule has 0 saturated heterocycles. The highest BCUT2D eigenvalue weighted by atomic mass is 19.2. The van der Waals surface area contributed by atoms with Crippen molar-refractivity contribution >= 4 is 0 Å². The molecule has 0 aliphatic rings. The number of hydrogen-bond acceptors (Lipinski definition) is 2. The molecule has 0 saturated carbocycles. The SMILES string of the molecule is CC(C)(N)COc1c(F)c(F)c(F)c(F)c1F. The maximum Gasteiger partial charge on any atom is 0.206 e. The van der Waals surface area contributed by atoms with E-state index in [2.05, 4.69) is 4.74 Å². The van der Waals surface area contributed by atoms with Gasteiger partial charge in [0.2, 0.25) is 29.1 Å². The third kappa shape index (κ3) is 2.85. The largest absolute Gasteiger partial charge is 0.486 e. The number of halogens is 5. The van der Waals surface area contributed by atoms with Crippen LogP contribution in [0.25, 0.3) is 0 Å². The van der Waals surface area contributed by atoms with Crippen molar-refractivity contribution in [3.05, 3.63) is 29.1 Å². The Morgan fingerprint density at radius 2 is 1.24 bits per heavy atom. The second kappa shape index (κ2) is 4.48. The van der Waals surface area contributed by atoms with Crippen LogP contribution in [0.3, 0.4) is 0 Å². The Kier molecular flexibility index (Phi) is 3.61. The van der Waals surface area contributed by atoms with Gasteiger partial charge in [0, 0.05) is 5.54 Å². The Morgan fingerprint density at radius 3 is 1.59 bits per heavy atom. The van der Waals surface area contributed by atoms with Crippen LogP contribution in [0.4, 0.5) is 22.0 Å². The van der Waals surface area contributed by atoms with E-state index in [0.717, 1.165) is 0 Å². The van der Waals surface area contributed by atoms with Gasteiger partial charge in [-0.05, 0) is 13.8 Å². The predicted octanol–water partition coefficient (Wildman–Crippen LogP) is 2.50. The van der Waals surface area contributed by atoms with Crippen LogP contribution in [-0.4, -0.2) is 12.1 Å². The van der Waals surface area contributed by atoms with Crippen LogP contribution in [0.1, 0.15) is 13.8 Å². The second-order valence-electron chi connectivity index (χ2n) is 4.18. The summed E-state index contributed by atoms with van der Waals surface area (Å²) in [5.74, 6) is -11.7. The van der Waals surface area contributed by atoms with E-state index in [9.17, 15) is 22.0 Å². The number of benzene rings is 1. The summed E-state index contributed by atoms with van der Waals surface area (Å²) in [6.07, 6.45) is 0. The van der Waals surface area contributed by atoms with E-state index in [4.69, 9.17) is 5.73 Å². The van der Waals surface area contributed by atoms with E-state index < -0.39 is 47.0 Å². The molecule has 2 nitrogen and oxygen atoms in total. The molecule has 7 heteroatoms. The molecule has 0 unspecified atom stereocenters. The first-order valence-electron chi connectivity index (χ1n) is 4.58. The Morgan fingerprint density at radius 1 is 0.882 bits per heavy atom. The highest BCUT2D eigenvalue weighted by Gasteiger charge is 2.27. The number of ether oxygens (including phenoxy) is 1. The molecule has 0 bridgehead atoms. The quantitative estimate of drug-likeness (QED) is 0.511. The lowest BCUT2D eigenvalue weighted by Crippen LogP contribution is -2.39. The summed E-state index contributed by atoms with van der Waals surface area (Å²) in [5.41, 5.74) is 4.49. The molecule has 0 radical (unpaired) electrons. The predicted molar refractivity (Wildman–Crippen MR) is 50.0 cm³/mol. The van der Waals surface area contributed by atoms with E-state index >= 15 is 0 Å². The number of nitrogens with two attached hydrogens (primary N) is 1. The fourth-order valence-corrected chi connectivity index (χ4v) is 0.970. The van der Waals surface area contributed by atoms with Crippen molar-refractivity contribution in [2.24, 2.45) is 5.73 Å². The summed E-state index contributed by atoms with van der Waals surface area (Å²) in [7, 11) is 0. The molecular weight excluding hydrogens is 245 g/mol. The van der Waals surface area contributed by atoms with E-state index in [0.29, 0.717) is 0 Å². The van der Waals surface area contributed by atoms with E-state index in [1.54, 1.807) is 0 Å². The molecule has 1 rings (SSSR count). The zero-order valence-electron chi connectivity index (χ0n) is 9.08. The lowest BCUT2D eigenvalue weighted by molar-refractivity contribution is 0.213. The van der Waals surface area contributed by atoms with E-state index in [1.165, 1.54) is 13.8 Å². The Labute approximate surface area is 94.2 Å². The van der Waals surface area contributed by atoms with Gasteiger partial charge in [-0.2, -0.15) is 8.78 Å². The third-order valence-corrected chi connectivity index (χ3v) is 1.76. The monoisotopic (exact) mass is 255 g/mol. The zero-order chi connectivity index (χ0) is 13.4. The summed E-state index contributed by atoms with van der Waals surface area (Å²) in [6, 6.07) is 0. The van der Waals surface area contributed by atoms with Crippen molar-refractivity contribution in [2.45, 2.75) is 19.4 Å². The van der Waals surface area contributed by atoms with E-state index in [1.807, 2.05) is 0 Å². The van der Waals surface area contributed by atoms with Crippen LogP contribution < -0.4 is 10.5 Å². The molecule has 0 aliphatic heterocycles. The van der Waals surface area contributed by atoms with Crippen molar-refractivity contribution in [3.63, 3.8) is 0 Å². The maximum absolute atomic E-state index is 13.1. The zero-order valence-corrected chi connectivity index (χ0v) is 9.08. The van der Waals surface area contributed by atoms with Crippen LogP contribution in [0.2, 0.25) is 0 Å². The smallest absolute Gasteiger partial charge is 0.206 e. The average Bonchev–Trinajstić information content (AvgIpc) is 2.22. The molecule has 96 valence electrons. The van der Waals surface area contributed by atoms with Crippen molar-refractivity contribution in [2.75, 3.05) is 6.61 Å². The summed E-state index contributed by atoms with van der Waals surface area (Å²) < 4.78 is 68.9. The van der Waals surface area contributed by atoms with Crippen LogP contribution >= 0.6 is 0 Å². The molecule has 0 fully saturated rings. The molecular formula is C10H10F5NO. The van der Waals surface area contributed by atoms with Crippen molar-refractivity contribution in [3.8, 4) is 5.75 Å². The first-order chi connectivity index (χ1) is 7.65. The summed E-state index contributed by atoms with van der Waals surface area (Å²) in [6.45, 7) is 2.55. The highest BCUT2D eigenvalue weighted by molar-refractivity contribution is 5.29. The number of rotatable bonds is 3. The number of hydrogen-bond donors (Lipinski definition) is 1. The first kappa shape index (κ1) is 13.7. The summed E-state index contributed by atoms with van der Waals surface area (Å²) >= 11 is 0. The van der Waals surface area contributed by atoms with Crippen LogP contribution in [0.15, 0.2) is 0 Å². The minimum atomic E-state index is -2.22. The fraction of sp³-hybridized carbons (Fsp3) is 0.400. The van der Waals surface area contributed by atoms with Gasteiger partial charge in [0.25, 0.3) is 0 Å². The minimum absolute atomic E-state index is 0.397. The lowest BCUT2D eigenvalue weighted by Gasteiger charge is -2.19. The Hall–Kier alpha value is -1.37. The van der Waals surface area contributed by atoms with Gasteiger partial charge in [-0.25, -0.2) is 13.2 Å². The van der Waals surface area contributed by atoms with E-state index in [-0.39, 0.29) is 0 Å². The topological polar surface area (TPSA) is 35.2 Å². The Bertz CT molecular complexity index is 412. The highest BCUT2D eigenvalue weighted by Crippen LogP contribution is 2.29. The van der Waals surface area contributed by atoms with Crippen LogP contribution in [-0.2, 0) is 0 Å². The molecule has 0 atom stereocenters. The minimum Gasteiger partial charge on any atom is -0.486 e. The Balaban J connectivity index is 3.16. The normalized spacial score (nSPS) is 11.8. The molecule has 1 aromatic carbocycles. The molecule has 2 N–H and O–H groups in total. The van der Waals surface area contributed by atoms with Gasteiger partial charge in [-0.3, -0.25) is 0 Å². The first-order valence-corrected chi connectivity index (χ1v) is 4.58. The van der Waals surface area contributed by atoms with Gasteiger partial charge >= 0.3 is 0 Å². The molecule has 0 aromatic heterocycles. The second-order valence-corrected chi connectivity index (χ2v) is 4.18. The van der Waals surface area contributed by atoms with Gasteiger partial charge in [0.1, 0.15) is 6.61 Å². The van der Waals surface area contributed by atoms with Crippen molar-refractivity contribution < 1.29 is 26.7 Å². The fourth-order valence-electron chi connectivity index (χ4n) is 0.970. The maximum atomic E-state index is 13.1. The molecule has 0 aliphatic carbocycles. The molecule has 17 heavy (non-hydrogen) atoms. The molecule has 1 aromatic rings. The van der Waals surface area contributed by atoms with Gasteiger partial charge in [-0.15, -0.1) is 0 Å². The van der Waals surface area contributed by atoms with Crippen LogP contribution in [0, 0.1) is 29.1 Å². The molecule has 0 amide bonds. The lowest BCUT2D eigenvalue weighted by atomic mass is 10.1. The van der Waals surface area contributed by atoms with Crippen molar-refractivity contribution in [1.29, 1.82) is 0 Å². The van der Waals surface area contributed by atoms with Gasteiger partial charge in [0.05, 0.1) is 0 Å². The van der Waals surface area contributed by atoms with Gasteiger partial charge in [-0.1, -0.05) is 0 Å². The average molecular weight is 255 g/mol. The standard InChI is InChI=1S/C10H10F5NO/c1-10(2,16)3-17-9-7(14)5(12)4(11)6(13)8(9)15/h3,16H2,1-2H3. The van der Waals surface area contributed by atoms with Crippen LogP contribution in [0.5, 0.6) is 5.75 Å². The van der Waals surface area contributed by atoms with Gasteiger partial charge in [0.15, 0.2) is 5.75 Å². The summed E-state index contributed by atoms with van der Waals surface area (Å²) in [4.78, 5) is 0. The van der Waals surface area contributed by atoms with Gasteiger partial charge < -0.3 is 10.5 Å². The molecule has 0 heterocycles. The summed E-state index contributed by atoms with van der Waals surface area (Å²) in [5, 5.41) is 0. The third-order valence-electron chi connectivity index (χ3n) is 1.76. The molecule has 0 spiro atoms. The van der Waals surface area contributed by atoms with Crippen molar-refractivity contribution in [1.82, 2.24) is 0 Å².